The van der Waals surface area contributed by atoms with Crippen LogP contribution < -0.4 is 10.1 Å². The van der Waals surface area contributed by atoms with Gasteiger partial charge in [-0.2, -0.15) is 5.26 Å². The van der Waals surface area contributed by atoms with E-state index >= 15 is 0 Å². The fourth-order valence-electron chi connectivity index (χ4n) is 3.88. The minimum atomic E-state index is -0.320. The Balaban J connectivity index is 1.71. The summed E-state index contributed by atoms with van der Waals surface area (Å²) in [6.45, 7) is 5.48. The van der Waals surface area contributed by atoms with Crippen molar-refractivity contribution in [1.82, 2.24) is 14.9 Å². The molecule has 0 aliphatic carbocycles. The molecule has 0 radical (unpaired) electrons. The van der Waals surface area contributed by atoms with Gasteiger partial charge in [-0.25, -0.2) is 4.98 Å². The molecule has 0 aliphatic heterocycles. The number of aryl methyl sites for hydroxylation is 1. The van der Waals surface area contributed by atoms with E-state index in [1.807, 2.05) is 51.2 Å². The number of imidazole rings is 1. The van der Waals surface area contributed by atoms with Crippen LogP contribution >= 0.6 is 0 Å². The molecule has 3 aromatic rings. The van der Waals surface area contributed by atoms with Gasteiger partial charge in [0.05, 0.1) is 17.4 Å². The topological polar surface area (TPSA) is 117 Å². The molecular weight excluding hydrogens is 456 g/mol. The number of ether oxygens (including phenoxy) is 1. The summed E-state index contributed by atoms with van der Waals surface area (Å²) in [5.41, 5.74) is 3.24. The van der Waals surface area contributed by atoms with Crippen molar-refractivity contribution in [3.8, 4) is 23.1 Å². The number of hydrogen-bond donors (Lipinski definition) is 2. The van der Waals surface area contributed by atoms with Gasteiger partial charge < -0.3 is 19.7 Å². The summed E-state index contributed by atoms with van der Waals surface area (Å²) in [5, 5.41) is 21.9. The molecule has 1 unspecified atom stereocenters. The maximum Gasteiger partial charge on any atom is 0.251 e. The molecule has 0 aliphatic rings. The van der Waals surface area contributed by atoms with E-state index in [2.05, 4.69) is 16.4 Å². The molecule has 8 heteroatoms. The molecule has 2 N–H and O–H groups in total. The number of nitriles is 1. The average molecular weight is 489 g/mol. The first-order valence-corrected chi connectivity index (χ1v) is 12.0. The molecule has 0 fully saturated rings. The molecule has 1 amide bonds. The van der Waals surface area contributed by atoms with Crippen LogP contribution in [0.4, 0.5) is 0 Å². The Bertz CT molecular complexity index is 1260. The summed E-state index contributed by atoms with van der Waals surface area (Å²) >= 11 is 0. The predicted molar refractivity (Wildman–Crippen MR) is 137 cm³/mol. The summed E-state index contributed by atoms with van der Waals surface area (Å²) < 4.78 is 7.36. The second-order valence-corrected chi connectivity index (χ2v) is 8.91. The van der Waals surface area contributed by atoms with E-state index < -0.39 is 0 Å². The average Bonchev–Trinajstić information content (AvgIpc) is 3.25. The van der Waals surface area contributed by atoms with Crippen molar-refractivity contribution in [2.24, 2.45) is 7.05 Å². The van der Waals surface area contributed by atoms with Crippen molar-refractivity contribution >= 4 is 11.7 Å². The monoisotopic (exact) mass is 488 g/mol. The Hall–Kier alpha value is -3.96. The first-order valence-electron chi connectivity index (χ1n) is 12.0. The van der Waals surface area contributed by atoms with Crippen molar-refractivity contribution in [3.05, 3.63) is 71.2 Å². The quantitative estimate of drug-likeness (QED) is 0.393. The van der Waals surface area contributed by atoms with Gasteiger partial charge in [0, 0.05) is 43.4 Å². The molecular formula is C28H32N4O4. The lowest BCUT2D eigenvalue weighted by Crippen LogP contribution is -2.37. The SMILES string of the molecule is CCC(=O)c1nc(-c2ccc(CC(CCO)NC(=O)c3ccc(OC(C)C)c(C#N)c3)cc2)cn1C. The molecule has 0 spiro atoms. The summed E-state index contributed by atoms with van der Waals surface area (Å²) in [4.78, 5) is 29.4. The second-order valence-electron chi connectivity index (χ2n) is 8.91. The van der Waals surface area contributed by atoms with Gasteiger partial charge in [0.25, 0.3) is 5.91 Å². The van der Waals surface area contributed by atoms with Crippen LogP contribution in [0.2, 0.25) is 0 Å². The molecule has 0 saturated heterocycles. The van der Waals surface area contributed by atoms with Crippen LogP contribution in [0.5, 0.6) is 5.75 Å². The zero-order valence-electron chi connectivity index (χ0n) is 21.1. The lowest BCUT2D eigenvalue weighted by Gasteiger charge is -2.19. The van der Waals surface area contributed by atoms with Crippen LogP contribution in [0.1, 0.15) is 65.7 Å². The van der Waals surface area contributed by atoms with Crippen molar-refractivity contribution in [2.75, 3.05) is 6.61 Å². The molecule has 36 heavy (non-hydrogen) atoms. The van der Waals surface area contributed by atoms with E-state index in [9.17, 15) is 20.0 Å². The van der Waals surface area contributed by atoms with Crippen molar-refractivity contribution < 1.29 is 19.4 Å². The Kier molecular flexibility index (Phi) is 8.98. The van der Waals surface area contributed by atoms with E-state index in [-0.39, 0.29) is 30.4 Å². The highest BCUT2D eigenvalue weighted by Crippen LogP contribution is 2.22. The standard InChI is InChI=1S/C28H32N4O4/c1-5-25(34)27-31-24(17-32(27)4)20-8-6-19(7-9-20)14-23(12-13-33)30-28(35)21-10-11-26(36-18(2)3)22(15-21)16-29/h6-11,15,17-18,23,33H,5,12-14H2,1-4H3,(H,30,35). The van der Waals surface area contributed by atoms with Crippen molar-refractivity contribution in [3.63, 3.8) is 0 Å². The zero-order valence-corrected chi connectivity index (χ0v) is 21.1. The fraction of sp³-hybridized carbons (Fsp3) is 0.357. The van der Waals surface area contributed by atoms with Gasteiger partial charge in [-0.1, -0.05) is 31.2 Å². The fourth-order valence-corrected chi connectivity index (χ4v) is 3.88. The Labute approximate surface area is 211 Å². The smallest absolute Gasteiger partial charge is 0.251 e. The van der Waals surface area contributed by atoms with Crippen LogP contribution in [0.3, 0.4) is 0 Å². The van der Waals surface area contributed by atoms with Gasteiger partial charge in [-0.15, -0.1) is 0 Å². The van der Waals surface area contributed by atoms with Gasteiger partial charge in [-0.05, 0) is 50.5 Å². The highest BCUT2D eigenvalue weighted by Gasteiger charge is 2.17. The van der Waals surface area contributed by atoms with Crippen LogP contribution in [-0.4, -0.2) is 45.1 Å². The number of carbonyl (C=O) groups is 2. The molecule has 0 bridgehead atoms. The summed E-state index contributed by atoms with van der Waals surface area (Å²) in [6, 6.07) is 14.3. The largest absolute Gasteiger partial charge is 0.490 e. The number of ketones is 1. The summed E-state index contributed by atoms with van der Waals surface area (Å²) in [7, 11) is 1.81. The lowest BCUT2D eigenvalue weighted by molar-refractivity contribution is 0.0928. The predicted octanol–water partition coefficient (Wildman–Crippen LogP) is 4.06. The number of aliphatic hydroxyl groups excluding tert-OH is 1. The van der Waals surface area contributed by atoms with Gasteiger partial charge in [0.1, 0.15) is 11.8 Å². The number of rotatable bonds is 11. The number of Topliss-reactive ketones (excluding diaryl/α,β-unsaturated/α-hetero) is 1. The maximum absolute atomic E-state index is 12.9. The first-order chi connectivity index (χ1) is 17.2. The highest BCUT2D eigenvalue weighted by molar-refractivity contribution is 5.95. The Morgan fingerprint density at radius 1 is 1.19 bits per heavy atom. The number of nitrogens with zero attached hydrogens (tertiary/aromatic N) is 3. The Morgan fingerprint density at radius 2 is 1.92 bits per heavy atom. The normalized spacial score (nSPS) is 11.7. The van der Waals surface area contributed by atoms with E-state index in [1.54, 1.807) is 23.7 Å². The number of aliphatic hydroxyl groups is 1. The number of carbonyl (C=O) groups excluding carboxylic acids is 2. The molecule has 0 saturated carbocycles. The van der Waals surface area contributed by atoms with Crippen molar-refractivity contribution in [1.29, 1.82) is 5.26 Å². The molecule has 3 rings (SSSR count). The number of hydrogen-bond acceptors (Lipinski definition) is 6. The van der Waals surface area contributed by atoms with Gasteiger partial charge in [0.2, 0.25) is 0 Å². The van der Waals surface area contributed by atoms with Crippen LogP contribution in [0.15, 0.2) is 48.7 Å². The Morgan fingerprint density at radius 3 is 2.53 bits per heavy atom. The third kappa shape index (κ3) is 6.58. The lowest BCUT2D eigenvalue weighted by atomic mass is 10.0. The molecule has 1 heterocycles. The molecule has 1 aromatic heterocycles. The number of nitrogens with one attached hydrogen (secondary N) is 1. The van der Waals surface area contributed by atoms with Gasteiger partial charge >= 0.3 is 0 Å². The van der Waals surface area contributed by atoms with Gasteiger partial charge in [0.15, 0.2) is 11.6 Å². The van der Waals surface area contributed by atoms with Crippen LogP contribution in [0.25, 0.3) is 11.3 Å². The first kappa shape index (κ1) is 26.6. The summed E-state index contributed by atoms with van der Waals surface area (Å²) in [6.07, 6.45) is 3.05. The number of aromatic nitrogens is 2. The minimum Gasteiger partial charge on any atom is -0.490 e. The minimum absolute atomic E-state index is 0.00747. The molecule has 8 nitrogen and oxygen atoms in total. The van der Waals surface area contributed by atoms with Crippen molar-refractivity contribution in [2.45, 2.75) is 52.2 Å². The molecule has 1 atom stereocenters. The number of benzene rings is 2. The molecule has 2 aromatic carbocycles. The third-order valence-corrected chi connectivity index (χ3v) is 5.72. The third-order valence-electron chi connectivity index (χ3n) is 5.72. The molecule has 188 valence electrons. The zero-order chi connectivity index (χ0) is 26.2. The van der Waals surface area contributed by atoms with E-state index in [0.717, 1.165) is 16.8 Å². The highest BCUT2D eigenvalue weighted by atomic mass is 16.5. The van der Waals surface area contributed by atoms with Crippen LogP contribution in [0, 0.1) is 11.3 Å². The van der Waals surface area contributed by atoms with Gasteiger partial charge in [-0.3, -0.25) is 9.59 Å². The van der Waals surface area contributed by atoms with Crippen LogP contribution in [-0.2, 0) is 13.5 Å². The maximum atomic E-state index is 12.9. The summed E-state index contributed by atoms with van der Waals surface area (Å²) in [5.74, 6) is 0.548. The second kappa shape index (κ2) is 12.1. The van der Waals surface area contributed by atoms with E-state index in [4.69, 9.17) is 4.74 Å². The van der Waals surface area contributed by atoms with E-state index in [1.165, 1.54) is 6.07 Å². The number of amides is 1. The van der Waals surface area contributed by atoms with E-state index in [0.29, 0.717) is 42.0 Å².